The highest BCUT2D eigenvalue weighted by molar-refractivity contribution is 5.98. The van der Waals surface area contributed by atoms with Crippen LogP contribution in [0.2, 0.25) is 0 Å². The van der Waals surface area contributed by atoms with Crippen LogP contribution >= 0.6 is 0 Å². The van der Waals surface area contributed by atoms with Crippen molar-refractivity contribution < 1.29 is 14.7 Å². The highest BCUT2D eigenvalue weighted by Crippen LogP contribution is 2.41. The van der Waals surface area contributed by atoms with Crippen LogP contribution in [0.25, 0.3) is 0 Å². The van der Waals surface area contributed by atoms with Crippen LogP contribution in [0, 0.1) is 5.92 Å². The normalized spacial score (nSPS) is 31.9. The minimum atomic E-state index is -0.425. The molecule has 2 amide bonds. The molecule has 0 radical (unpaired) electrons. The monoisotopic (exact) mass is 342 g/mol. The number of β-amino-alcohol motifs (C(OH)–C–C–N with tert-alkyl or cyclic N) is 1. The van der Waals surface area contributed by atoms with Crippen LogP contribution in [0.5, 0.6) is 0 Å². The van der Waals surface area contributed by atoms with Crippen molar-refractivity contribution in [3.63, 3.8) is 0 Å². The van der Waals surface area contributed by atoms with Gasteiger partial charge in [0.1, 0.15) is 6.04 Å². The molecule has 3 fully saturated rings. The highest BCUT2D eigenvalue weighted by Gasteiger charge is 2.49. The summed E-state index contributed by atoms with van der Waals surface area (Å²) in [7, 11) is 0. The predicted octanol–water partition coefficient (Wildman–Crippen LogP) is 2.05. The first-order chi connectivity index (χ1) is 12.1. The summed E-state index contributed by atoms with van der Waals surface area (Å²) in [4.78, 5) is 29.9. The molecule has 1 aromatic carbocycles. The van der Waals surface area contributed by atoms with Crippen LogP contribution in [0.15, 0.2) is 30.3 Å². The zero-order chi connectivity index (χ0) is 17.4. The number of fused-ring (bicyclic) bond motifs is 1. The molecule has 5 nitrogen and oxygen atoms in total. The molecular formula is C20H26N2O3. The molecule has 2 aliphatic heterocycles. The van der Waals surface area contributed by atoms with Crippen molar-refractivity contribution >= 4 is 11.8 Å². The van der Waals surface area contributed by atoms with Crippen LogP contribution in [0.1, 0.15) is 48.9 Å². The molecule has 0 bridgehead atoms. The van der Waals surface area contributed by atoms with Gasteiger partial charge >= 0.3 is 0 Å². The average Bonchev–Trinajstić information content (AvgIpc) is 3.25. The minimum absolute atomic E-state index is 0.0203. The maximum absolute atomic E-state index is 13.2. The van der Waals surface area contributed by atoms with Crippen molar-refractivity contribution in [1.82, 2.24) is 9.80 Å². The van der Waals surface area contributed by atoms with Crippen molar-refractivity contribution in [3.8, 4) is 0 Å². The lowest BCUT2D eigenvalue weighted by atomic mass is 9.84. The Morgan fingerprint density at radius 3 is 2.52 bits per heavy atom. The summed E-state index contributed by atoms with van der Waals surface area (Å²) in [6.07, 6.45) is 5.41. The Morgan fingerprint density at radius 1 is 1.04 bits per heavy atom. The number of benzene rings is 1. The highest BCUT2D eigenvalue weighted by atomic mass is 16.3. The van der Waals surface area contributed by atoms with Gasteiger partial charge in [0.05, 0.1) is 6.10 Å². The molecule has 1 N–H and O–H groups in total. The molecule has 1 aliphatic carbocycles. The van der Waals surface area contributed by atoms with E-state index in [0.29, 0.717) is 31.0 Å². The summed E-state index contributed by atoms with van der Waals surface area (Å²) in [6, 6.07) is 9.12. The van der Waals surface area contributed by atoms with Crippen molar-refractivity contribution in [2.75, 3.05) is 13.1 Å². The molecule has 1 aromatic rings. The number of carbonyl (C=O) groups excluding carboxylic acids is 2. The van der Waals surface area contributed by atoms with E-state index in [1.54, 1.807) is 4.90 Å². The van der Waals surface area contributed by atoms with Crippen LogP contribution in [-0.4, -0.2) is 58.0 Å². The lowest BCUT2D eigenvalue weighted by Crippen LogP contribution is -2.50. The van der Waals surface area contributed by atoms with E-state index < -0.39 is 6.10 Å². The van der Waals surface area contributed by atoms with Gasteiger partial charge in [-0.15, -0.1) is 0 Å². The summed E-state index contributed by atoms with van der Waals surface area (Å²) in [5, 5.41) is 9.78. The Bertz CT molecular complexity index is 648. The van der Waals surface area contributed by atoms with Gasteiger partial charge in [0, 0.05) is 24.7 Å². The topological polar surface area (TPSA) is 60.9 Å². The van der Waals surface area contributed by atoms with Gasteiger partial charge in [-0.25, -0.2) is 0 Å². The molecule has 3 aliphatic rings. The van der Waals surface area contributed by atoms with E-state index in [-0.39, 0.29) is 23.9 Å². The molecule has 25 heavy (non-hydrogen) atoms. The predicted molar refractivity (Wildman–Crippen MR) is 94.0 cm³/mol. The number of aliphatic hydroxyl groups excluding tert-OH is 1. The number of aliphatic hydroxyl groups is 1. The van der Waals surface area contributed by atoms with Crippen molar-refractivity contribution in [3.05, 3.63) is 35.9 Å². The Labute approximate surface area is 148 Å². The fourth-order valence-electron chi connectivity index (χ4n) is 4.86. The fraction of sp³-hybridized carbons (Fsp3) is 0.600. The summed E-state index contributed by atoms with van der Waals surface area (Å²) in [6.45, 7) is 0.997. The van der Waals surface area contributed by atoms with Gasteiger partial charge in [-0.3, -0.25) is 9.59 Å². The van der Waals surface area contributed by atoms with Crippen molar-refractivity contribution in [2.24, 2.45) is 5.92 Å². The van der Waals surface area contributed by atoms with Crippen LogP contribution < -0.4 is 0 Å². The Morgan fingerprint density at radius 2 is 1.80 bits per heavy atom. The Balaban J connectivity index is 1.61. The van der Waals surface area contributed by atoms with Gasteiger partial charge in [-0.1, -0.05) is 31.0 Å². The van der Waals surface area contributed by atoms with Crippen molar-refractivity contribution in [2.45, 2.75) is 56.7 Å². The molecular weight excluding hydrogens is 316 g/mol. The van der Waals surface area contributed by atoms with E-state index in [4.69, 9.17) is 0 Å². The average molecular weight is 342 g/mol. The molecule has 0 spiro atoms. The summed E-state index contributed by atoms with van der Waals surface area (Å²) in [5.41, 5.74) is 0.660. The summed E-state index contributed by atoms with van der Waals surface area (Å²) >= 11 is 0. The van der Waals surface area contributed by atoms with Gasteiger partial charge < -0.3 is 14.9 Å². The quantitative estimate of drug-likeness (QED) is 0.895. The number of carbonyl (C=O) groups is 2. The van der Waals surface area contributed by atoms with Gasteiger partial charge in [0.25, 0.3) is 5.91 Å². The van der Waals surface area contributed by atoms with Gasteiger partial charge in [0.15, 0.2) is 0 Å². The first-order valence-corrected chi connectivity index (χ1v) is 9.49. The van der Waals surface area contributed by atoms with E-state index in [1.165, 1.54) is 6.42 Å². The Kier molecular flexibility index (Phi) is 4.50. The lowest BCUT2D eigenvalue weighted by molar-refractivity contribution is -0.135. The maximum atomic E-state index is 13.2. The maximum Gasteiger partial charge on any atom is 0.254 e. The molecule has 5 heteroatoms. The van der Waals surface area contributed by atoms with E-state index in [0.717, 1.165) is 25.7 Å². The van der Waals surface area contributed by atoms with Gasteiger partial charge in [0.2, 0.25) is 5.91 Å². The van der Waals surface area contributed by atoms with Gasteiger partial charge in [-0.05, 0) is 43.7 Å². The molecule has 4 rings (SSSR count). The second kappa shape index (κ2) is 6.79. The number of rotatable bonds is 2. The van der Waals surface area contributed by atoms with E-state index in [9.17, 15) is 14.7 Å². The van der Waals surface area contributed by atoms with Crippen molar-refractivity contribution in [1.29, 1.82) is 0 Å². The zero-order valence-electron chi connectivity index (χ0n) is 14.5. The standard InChI is InChI=1S/C20H26N2O3/c23-16-10-11-21(13-16)20(25)18-12-15-8-4-5-9-17(15)22(18)19(24)14-6-2-1-3-7-14/h1-3,6-7,15-18,23H,4-5,8-13H2/t15?,16-,17?,18?/m1/s1. The zero-order valence-corrected chi connectivity index (χ0v) is 14.5. The third-order valence-electron chi connectivity index (χ3n) is 6.10. The van der Waals surface area contributed by atoms with Gasteiger partial charge in [-0.2, -0.15) is 0 Å². The first kappa shape index (κ1) is 16.6. The minimum Gasteiger partial charge on any atom is -0.391 e. The first-order valence-electron chi connectivity index (χ1n) is 9.49. The molecule has 3 unspecified atom stereocenters. The number of amides is 2. The molecule has 4 atom stereocenters. The third kappa shape index (κ3) is 3.06. The number of likely N-dealkylation sites (tertiary alicyclic amines) is 2. The SMILES string of the molecule is O=C(C1CC2CCCCC2N1C(=O)c1ccccc1)N1CC[C@@H](O)C1. The lowest BCUT2D eigenvalue weighted by Gasteiger charge is -2.34. The summed E-state index contributed by atoms with van der Waals surface area (Å²) in [5.74, 6) is 0.436. The van der Waals surface area contributed by atoms with Crippen LogP contribution in [-0.2, 0) is 4.79 Å². The number of hydrogen-bond acceptors (Lipinski definition) is 3. The van der Waals surface area contributed by atoms with E-state index >= 15 is 0 Å². The largest absolute Gasteiger partial charge is 0.391 e. The molecule has 1 saturated carbocycles. The second-order valence-corrected chi connectivity index (χ2v) is 7.67. The van der Waals surface area contributed by atoms with Crippen LogP contribution in [0.4, 0.5) is 0 Å². The van der Waals surface area contributed by atoms with Crippen LogP contribution in [0.3, 0.4) is 0 Å². The molecule has 2 heterocycles. The molecule has 2 saturated heterocycles. The molecule has 0 aromatic heterocycles. The number of hydrogen-bond donors (Lipinski definition) is 1. The van der Waals surface area contributed by atoms with E-state index in [1.807, 2.05) is 35.2 Å². The van der Waals surface area contributed by atoms with E-state index in [2.05, 4.69) is 0 Å². The third-order valence-corrected chi connectivity index (χ3v) is 6.10. The fourth-order valence-corrected chi connectivity index (χ4v) is 4.86. The number of nitrogens with zero attached hydrogens (tertiary/aromatic N) is 2. The molecule has 134 valence electrons. The Hall–Kier alpha value is -1.88. The second-order valence-electron chi connectivity index (χ2n) is 7.67. The summed E-state index contributed by atoms with van der Waals surface area (Å²) < 4.78 is 0. The smallest absolute Gasteiger partial charge is 0.254 e.